The van der Waals surface area contributed by atoms with E-state index in [1.54, 1.807) is 0 Å². The Labute approximate surface area is 124 Å². The number of likely N-dealkylation sites (tertiary alicyclic amines) is 1. The van der Waals surface area contributed by atoms with Gasteiger partial charge in [-0.15, -0.1) is 11.3 Å². The summed E-state index contributed by atoms with van der Waals surface area (Å²) < 4.78 is 0. The Bertz CT molecular complexity index is 482. The van der Waals surface area contributed by atoms with Gasteiger partial charge >= 0.3 is 0 Å². The number of amides is 1. The van der Waals surface area contributed by atoms with E-state index in [-0.39, 0.29) is 11.9 Å². The van der Waals surface area contributed by atoms with E-state index < -0.39 is 0 Å². The lowest BCUT2D eigenvalue weighted by Crippen LogP contribution is -2.47. The van der Waals surface area contributed by atoms with Gasteiger partial charge in [-0.2, -0.15) is 0 Å². The summed E-state index contributed by atoms with van der Waals surface area (Å²) >= 11 is 1.38. The lowest BCUT2D eigenvalue weighted by molar-refractivity contribution is -0.122. The highest BCUT2D eigenvalue weighted by atomic mass is 32.1. The number of carbonyl (C=O) groups excluding carboxylic acids is 2. The number of aryl methyl sites for hydroxylation is 1. The van der Waals surface area contributed by atoms with Gasteiger partial charge in [0.05, 0.1) is 16.6 Å². The van der Waals surface area contributed by atoms with Gasteiger partial charge in [-0.1, -0.05) is 13.3 Å². The molecule has 1 aromatic heterocycles. The number of hydrogen-bond donors (Lipinski definition) is 1. The lowest BCUT2D eigenvalue weighted by atomic mass is 10.0. The molecule has 110 valence electrons. The minimum absolute atomic E-state index is 0.0303. The van der Waals surface area contributed by atoms with Gasteiger partial charge in [0.1, 0.15) is 0 Å². The number of anilines is 1. The number of rotatable bonds is 5. The zero-order valence-corrected chi connectivity index (χ0v) is 13.0. The molecule has 0 aromatic carbocycles. The first-order valence-corrected chi connectivity index (χ1v) is 8.13. The lowest BCUT2D eigenvalue weighted by Gasteiger charge is -2.34. The summed E-state index contributed by atoms with van der Waals surface area (Å²) in [6.07, 6.45) is 5.05. The molecule has 20 heavy (non-hydrogen) atoms. The number of nitrogens with zero attached hydrogens (tertiary/aromatic N) is 1. The number of piperidine rings is 1. The van der Waals surface area contributed by atoms with Crippen molar-refractivity contribution in [1.29, 1.82) is 0 Å². The highest BCUT2D eigenvalue weighted by Gasteiger charge is 2.28. The molecule has 1 unspecified atom stereocenters. The summed E-state index contributed by atoms with van der Waals surface area (Å²) in [5.74, 6) is 0.0303. The van der Waals surface area contributed by atoms with Crippen LogP contribution in [0.1, 0.15) is 47.8 Å². The van der Waals surface area contributed by atoms with Gasteiger partial charge < -0.3 is 5.32 Å². The fraction of sp³-hybridized carbons (Fsp3) is 0.600. The average molecular weight is 294 g/mol. The predicted molar refractivity (Wildman–Crippen MR) is 82.6 cm³/mol. The summed E-state index contributed by atoms with van der Waals surface area (Å²) in [4.78, 5) is 26.4. The van der Waals surface area contributed by atoms with Gasteiger partial charge in [0.2, 0.25) is 5.91 Å². The largest absolute Gasteiger partial charge is 0.323 e. The van der Waals surface area contributed by atoms with Crippen molar-refractivity contribution in [1.82, 2.24) is 4.90 Å². The molecule has 4 nitrogen and oxygen atoms in total. The van der Waals surface area contributed by atoms with Crippen LogP contribution in [0.25, 0.3) is 0 Å². The van der Waals surface area contributed by atoms with Crippen LogP contribution in [0.3, 0.4) is 0 Å². The minimum atomic E-state index is -0.0532. The average Bonchev–Trinajstić information content (AvgIpc) is 2.80. The zero-order valence-electron chi connectivity index (χ0n) is 12.1. The molecular weight excluding hydrogens is 272 g/mol. The SMILES string of the molecule is CCCN1CCCCC1C(=O)Nc1c(C)csc1C=O. The molecule has 0 saturated carbocycles. The number of aldehydes is 1. The maximum Gasteiger partial charge on any atom is 0.241 e. The molecule has 1 fully saturated rings. The van der Waals surface area contributed by atoms with Gasteiger partial charge in [-0.3, -0.25) is 14.5 Å². The highest BCUT2D eigenvalue weighted by molar-refractivity contribution is 7.12. The molecule has 2 rings (SSSR count). The van der Waals surface area contributed by atoms with Crippen molar-refractivity contribution in [3.8, 4) is 0 Å². The molecule has 1 saturated heterocycles. The van der Waals surface area contributed by atoms with Crippen LogP contribution in [-0.4, -0.2) is 36.2 Å². The van der Waals surface area contributed by atoms with E-state index in [1.807, 2.05) is 12.3 Å². The van der Waals surface area contributed by atoms with Gasteiger partial charge in [0.25, 0.3) is 0 Å². The molecule has 0 spiro atoms. The van der Waals surface area contributed by atoms with Crippen molar-refractivity contribution in [2.75, 3.05) is 18.4 Å². The summed E-state index contributed by atoms with van der Waals surface area (Å²) in [6.45, 7) is 6.01. The van der Waals surface area contributed by atoms with E-state index in [2.05, 4.69) is 17.1 Å². The molecule has 1 N–H and O–H groups in total. The monoisotopic (exact) mass is 294 g/mol. The zero-order chi connectivity index (χ0) is 14.5. The maximum atomic E-state index is 12.5. The van der Waals surface area contributed by atoms with Gasteiger partial charge in [0.15, 0.2) is 6.29 Å². The van der Waals surface area contributed by atoms with Crippen molar-refractivity contribution in [2.24, 2.45) is 0 Å². The van der Waals surface area contributed by atoms with Crippen LogP contribution >= 0.6 is 11.3 Å². The third-order valence-corrected chi connectivity index (χ3v) is 4.81. The maximum absolute atomic E-state index is 12.5. The Morgan fingerprint density at radius 2 is 2.35 bits per heavy atom. The fourth-order valence-electron chi connectivity index (χ4n) is 2.76. The van der Waals surface area contributed by atoms with Crippen LogP contribution in [-0.2, 0) is 4.79 Å². The molecule has 0 aliphatic carbocycles. The van der Waals surface area contributed by atoms with Gasteiger partial charge in [-0.05, 0) is 50.2 Å². The highest BCUT2D eigenvalue weighted by Crippen LogP contribution is 2.27. The summed E-state index contributed by atoms with van der Waals surface area (Å²) in [5, 5.41) is 4.87. The number of carbonyl (C=O) groups is 2. The van der Waals surface area contributed by atoms with Crippen LogP contribution < -0.4 is 5.32 Å². The third kappa shape index (κ3) is 3.27. The summed E-state index contributed by atoms with van der Waals surface area (Å²) in [6, 6.07) is -0.0532. The van der Waals surface area contributed by atoms with Crippen molar-refractivity contribution >= 4 is 29.2 Å². The second-order valence-corrected chi connectivity index (χ2v) is 6.22. The van der Waals surface area contributed by atoms with E-state index in [0.29, 0.717) is 10.6 Å². The van der Waals surface area contributed by atoms with Crippen molar-refractivity contribution < 1.29 is 9.59 Å². The smallest absolute Gasteiger partial charge is 0.241 e. The van der Waals surface area contributed by atoms with Crippen LogP contribution in [0.15, 0.2) is 5.38 Å². The first-order valence-electron chi connectivity index (χ1n) is 7.25. The molecular formula is C15H22N2O2S. The predicted octanol–water partition coefficient (Wildman–Crippen LogP) is 3.07. The van der Waals surface area contributed by atoms with Gasteiger partial charge in [0, 0.05) is 0 Å². The Kier molecular flexibility index (Phi) is 5.31. The third-order valence-electron chi connectivity index (χ3n) is 3.79. The standard InChI is InChI=1S/C15H22N2O2S/c1-3-7-17-8-5-4-6-12(17)15(19)16-14-11(2)10-20-13(14)9-18/h9-10,12H,3-8H2,1-2H3,(H,16,19). The number of thiophene rings is 1. The molecule has 2 heterocycles. The second-order valence-electron chi connectivity index (χ2n) is 5.31. The quantitative estimate of drug-likeness (QED) is 0.849. The summed E-state index contributed by atoms with van der Waals surface area (Å²) in [5.41, 5.74) is 1.65. The molecule has 0 bridgehead atoms. The van der Waals surface area contributed by atoms with Crippen LogP contribution in [0.5, 0.6) is 0 Å². The van der Waals surface area contributed by atoms with Crippen LogP contribution in [0.4, 0.5) is 5.69 Å². The molecule has 0 radical (unpaired) electrons. The normalized spacial score (nSPS) is 19.8. The summed E-state index contributed by atoms with van der Waals surface area (Å²) in [7, 11) is 0. The Balaban J connectivity index is 2.09. The fourth-order valence-corrected chi connectivity index (χ4v) is 3.57. The molecule has 1 amide bonds. The number of nitrogens with one attached hydrogen (secondary N) is 1. The molecule has 1 aliphatic rings. The van der Waals surface area contributed by atoms with Gasteiger partial charge in [-0.25, -0.2) is 0 Å². The van der Waals surface area contributed by atoms with Crippen LogP contribution in [0.2, 0.25) is 0 Å². The van der Waals surface area contributed by atoms with Crippen molar-refractivity contribution in [3.05, 3.63) is 15.8 Å². The Morgan fingerprint density at radius 1 is 1.55 bits per heavy atom. The van der Waals surface area contributed by atoms with Crippen molar-refractivity contribution in [3.63, 3.8) is 0 Å². The topological polar surface area (TPSA) is 49.4 Å². The first-order chi connectivity index (χ1) is 9.67. The molecule has 1 aliphatic heterocycles. The van der Waals surface area contributed by atoms with Crippen molar-refractivity contribution in [2.45, 2.75) is 45.6 Å². The minimum Gasteiger partial charge on any atom is -0.323 e. The Morgan fingerprint density at radius 3 is 3.05 bits per heavy atom. The first kappa shape index (κ1) is 15.2. The van der Waals surface area contributed by atoms with E-state index in [4.69, 9.17) is 0 Å². The Hall–Kier alpha value is -1.20. The van der Waals surface area contributed by atoms with E-state index >= 15 is 0 Å². The molecule has 5 heteroatoms. The molecule has 1 aromatic rings. The van der Waals surface area contributed by atoms with E-state index in [9.17, 15) is 9.59 Å². The molecule has 1 atom stereocenters. The number of hydrogen-bond acceptors (Lipinski definition) is 4. The van der Waals surface area contributed by atoms with E-state index in [0.717, 1.165) is 44.2 Å². The second kappa shape index (κ2) is 6.99. The van der Waals surface area contributed by atoms with E-state index in [1.165, 1.54) is 17.8 Å². The van der Waals surface area contributed by atoms with Crippen LogP contribution in [0, 0.1) is 6.92 Å².